The minimum absolute atomic E-state index is 0.0681. The van der Waals surface area contributed by atoms with E-state index in [0.717, 1.165) is 42.7 Å². The molecule has 4 heteroatoms. The van der Waals surface area contributed by atoms with Gasteiger partial charge in [-0.25, -0.2) is 4.39 Å². The van der Waals surface area contributed by atoms with Gasteiger partial charge in [-0.05, 0) is 61.2 Å². The molecular weight excluding hydrogens is 303 g/mol. The Morgan fingerprint density at radius 3 is 2.12 bits per heavy atom. The summed E-state index contributed by atoms with van der Waals surface area (Å²) in [6.45, 7) is 4.83. The molecule has 24 heavy (non-hydrogen) atoms. The smallest absolute Gasteiger partial charge is 0.227 e. The van der Waals surface area contributed by atoms with Crippen LogP contribution in [0.3, 0.4) is 0 Å². The van der Waals surface area contributed by atoms with Crippen LogP contribution in [0.5, 0.6) is 0 Å². The van der Waals surface area contributed by atoms with Gasteiger partial charge in [-0.3, -0.25) is 4.79 Å². The summed E-state index contributed by atoms with van der Waals surface area (Å²) in [7, 11) is 0. The van der Waals surface area contributed by atoms with Gasteiger partial charge in [-0.1, -0.05) is 26.0 Å². The Balaban J connectivity index is 1.81. The summed E-state index contributed by atoms with van der Waals surface area (Å²) in [5.41, 5.74) is 2.91. The molecule has 0 aliphatic heterocycles. The third-order valence-corrected chi connectivity index (χ3v) is 4.16. The topological polar surface area (TPSA) is 41.1 Å². The van der Waals surface area contributed by atoms with Gasteiger partial charge in [0, 0.05) is 23.8 Å². The van der Waals surface area contributed by atoms with Crippen molar-refractivity contribution in [2.24, 2.45) is 5.92 Å². The van der Waals surface area contributed by atoms with Crippen molar-refractivity contribution >= 4 is 17.3 Å². The molecule has 0 heterocycles. The predicted molar refractivity (Wildman–Crippen MR) is 97.7 cm³/mol. The van der Waals surface area contributed by atoms with Crippen LogP contribution in [0.4, 0.5) is 15.8 Å². The maximum absolute atomic E-state index is 12.9. The van der Waals surface area contributed by atoms with E-state index < -0.39 is 0 Å². The van der Waals surface area contributed by atoms with E-state index in [9.17, 15) is 9.18 Å². The molecule has 0 saturated carbocycles. The Kier molecular flexibility index (Phi) is 6.79. The molecule has 2 aromatic carbocycles. The third-order valence-electron chi connectivity index (χ3n) is 4.16. The van der Waals surface area contributed by atoms with Crippen molar-refractivity contribution in [3.05, 3.63) is 59.9 Å². The van der Waals surface area contributed by atoms with Gasteiger partial charge in [0.05, 0.1) is 0 Å². The molecule has 0 radical (unpaired) electrons. The Labute approximate surface area is 143 Å². The molecule has 2 N–H and O–H groups in total. The molecule has 128 valence electrons. The zero-order valence-corrected chi connectivity index (χ0v) is 14.3. The summed E-state index contributed by atoms with van der Waals surface area (Å²) in [5, 5.41) is 6.28. The monoisotopic (exact) mass is 328 g/mol. The second-order valence-electron chi connectivity index (χ2n) is 5.88. The average Bonchev–Trinajstić information content (AvgIpc) is 2.59. The summed E-state index contributed by atoms with van der Waals surface area (Å²) in [6, 6.07) is 14.3. The van der Waals surface area contributed by atoms with Crippen molar-refractivity contribution in [2.45, 2.75) is 33.1 Å². The fourth-order valence-electron chi connectivity index (χ4n) is 2.58. The lowest BCUT2D eigenvalue weighted by Gasteiger charge is -2.13. The molecule has 0 saturated heterocycles. The zero-order valence-electron chi connectivity index (χ0n) is 14.3. The van der Waals surface area contributed by atoms with E-state index in [1.54, 1.807) is 12.1 Å². The molecule has 0 aliphatic carbocycles. The van der Waals surface area contributed by atoms with Gasteiger partial charge in [0.1, 0.15) is 5.82 Å². The highest BCUT2D eigenvalue weighted by atomic mass is 19.1. The van der Waals surface area contributed by atoms with Gasteiger partial charge in [0.25, 0.3) is 0 Å². The van der Waals surface area contributed by atoms with E-state index in [0.29, 0.717) is 0 Å². The predicted octanol–water partition coefficient (Wildman–Crippen LogP) is 4.86. The van der Waals surface area contributed by atoms with Crippen LogP contribution in [0.2, 0.25) is 0 Å². The Hall–Kier alpha value is -2.36. The SMILES string of the molecule is CCC(CC)C(=O)Nc1ccc(NCCc2ccc(F)cc2)cc1. The molecule has 0 spiro atoms. The second-order valence-corrected chi connectivity index (χ2v) is 5.88. The first kappa shape index (κ1) is 18.0. The minimum Gasteiger partial charge on any atom is -0.385 e. The zero-order chi connectivity index (χ0) is 17.4. The lowest BCUT2D eigenvalue weighted by Crippen LogP contribution is -2.21. The summed E-state index contributed by atoms with van der Waals surface area (Å²) in [6.07, 6.45) is 2.53. The number of benzene rings is 2. The fourth-order valence-corrected chi connectivity index (χ4v) is 2.58. The van der Waals surface area contributed by atoms with Crippen molar-refractivity contribution in [3.8, 4) is 0 Å². The van der Waals surface area contributed by atoms with E-state index in [-0.39, 0.29) is 17.6 Å². The van der Waals surface area contributed by atoms with Crippen LogP contribution in [-0.2, 0) is 11.2 Å². The van der Waals surface area contributed by atoms with Crippen LogP contribution in [0.1, 0.15) is 32.3 Å². The molecule has 2 rings (SSSR count). The molecule has 0 fully saturated rings. The molecule has 0 aliphatic rings. The standard InChI is InChI=1S/C20H25FN2O/c1-3-16(4-2)20(24)23-19-11-9-18(10-12-19)22-14-13-15-5-7-17(21)8-6-15/h5-12,16,22H,3-4,13-14H2,1-2H3,(H,23,24). The van der Waals surface area contributed by atoms with Gasteiger partial charge in [0.15, 0.2) is 0 Å². The highest BCUT2D eigenvalue weighted by Crippen LogP contribution is 2.16. The Morgan fingerprint density at radius 1 is 0.958 bits per heavy atom. The molecular formula is C20H25FN2O. The molecule has 2 aromatic rings. The minimum atomic E-state index is -0.210. The van der Waals surface area contributed by atoms with Gasteiger partial charge in [-0.2, -0.15) is 0 Å². The van der Waals surface area contributed by atoms with Crippen molar-refractivity contribution in [1.29, 1.82) is 0 Å². The number of hydrogen-bond acceptors (Lipinski definition) is 2. The third kappa shape index (κ3) is 5.37. The van der Waals surface area contributed by atoms with Crippen LogP contribution in [0, 0.1) is 11.7 Å². The number of nitrogens with one attached hydrogen (secondary N) is 2. The summed E-state index contributed by atoms with van der Waals surface area (Å²) >= 11 is 0. The molecule has 3 nitrogen and oxygen atoms in total. The summed E-state index contributed by atoms with van der Waals surface area (Å²) in [4.78, 5) is 12.1. The first-order valence-electron chi connectivity index (χ1n) is 8.51. The largest absolute Gasteiger partial charge is 0.385 e. The Morgan fingerprint density at radius 2 is 1.54 bits per heavy atom. The first-order valence-corrected chi connectivity index (χ1v) is 8.51. The number of halogens is 1. The number of amides is 1. The fraction of sp³-hybridized carbons (Fsp3) is 0.350. The number of hydrogen-bond donors (Lipinski definition) is 2. The van der Waals surface area contributed by atoms with Crippen LogP contribution < -0.4 is 10.6 Å². The van der Waals surface area contributed by atoms with E-state index >= 15 is 0 Å². The van der Waals surface area contributed by atoms with E-state index in [1.165, 1.54) is 12.1 Å². The van der Waals surface area contributed by atoms with Crippen molar-refractivity contribution in [3.63, 3.8) is 0 Å². The van der Waals surface area contributed by atoms with Crippen LogP contribution in [-0.4, -0.2) is 12.5 Å². The highest BCUT2D eigenvalue weighted by Gasteiger charge is 2.13. The second kappa shape index (κ2) is 9.06. The normalized spacial score (nSPS) is 10.7. The highest BCUT2D eigenvalue weighted by molar-refractivity contribution is 5.92. The van der Waals surface area contributed by atoms with Gasteiger partial charge in [-0.15, -0.1) is 0 Å². The van der Waals surface area contributed by atoms with Crippen molar-refractivity contribution < 1.29 is 9.18 Å². The Bertz CT molecular complexity index is 634. The maximum Gasteiger partial charge on any atom is 0.227 e. The lowest BCUT2D eigenvalue weighted by atomic mass is 10.0. The maximum atomic E-state index is 12.9. The molecule has 0 unspecified atom stereocenters. The summed E-state index contributed by atoms with van der Waals surface area (Å²) in [5.74, 6) is -0.0618. The number of rotatable bonds is 8. The van der Waals surface area contributed by atoms with Crippen LogP contribution in [0.25, 0.3) is 0 Å². The molecule has 0 bridgehead atoms. The van der Waals surface area contributed by atoms with Gasteiger partial charge < -0.3 is 10.6 Å². The van der Waals surface area contributed by atoms with Crippen LogP contribution in [0.15, 0.2) is 48.5 Å². The van der Waals surface area contributed by atoms with Gasteiger partial charge in [0.2, 0.25) is 5.91 Å². The van der Waals surface area contributed by atoms with E-state index in [4.69, 9.17) is 0 Å². The van der Waals surface area contributed by atoms with Gasteiger partial charge >= 0.3 is 0 Å². The quantitative estimate of drug-likeness (QED) is 0.727. The van der Waals surface area contributed by atoms with Crippen molar-refractivity contribution in [1.82, 2.24) is 0 Å². The van der Waals surface area contributed by atoms with E-state index in [2.05, 4.69) is 10.6 Å². The number of carbonyl (C=O) groups is 1. The molecule has 0 aromatic heterocycles. The average molecular weight is 328 g/mol. The molecule has 0 atom stereocenters. The summed E-state index contributed by atoms with van der Waals surface area (Å²) < 4.78 is 12.9. The molecule has 1 amide bonds. The number of carbonyl (C=O) groups excluding carboxylic acids is 1. The van der Waals surface area contributed by atoms with Crippen molar-refractivity contribution in [2.75, 3.05) is 17.2 Å². The first-order chi connectivity index (χ1) is 11.6. The van der Waals surface area contributed by atoms with E-state index in [1.807, 2.05) is 38.1 Å². The van der Waals surface area contributed by atoms with Crippen LogP contribution >= 0.6 is 0 Å². The number of anilines is 2. The lowest BCUT2D eigenvalue weighted by molar-refractivity contribution is -0.120.